The first kappa shape index (κ1) is 27.6. The van der Waals surface area contributed by atoms with Crippen molar-refractivity contribution in [1.82, 2.24) is 9.13 Å². The molecule has 2 aromatic heterocycles. The second-order valence-corrected chi connectivity index (χ2v) is 13.1. The number of rotatable bonds is 2. The zero-order valence-electron chi connectivity index (χ0n) is 26.8. The Balaban J connectivity index is 1.47. The molecule has 0 fully saturated rings. The second-order valence-electron chi connectivity index (χ2n) is 13.1. The molecule has 4 nitrogen and oxygen atoms in total. The van der Waals surface area contributed by atoms with Crippen molar-refractivity contribution in [2.75, 3.05) is 0 Å². The number of aryl methyl sites for hydroxylation is 4. The molecule has 0 unspecified atom stereocenters. The van der Waals surface area contributed by atoms with Gasteiger partial charge >= 0.3 is 0 Å². The molecule has 0 radical (unpaired) electrons. The van der Waals surface area contributed by atoms with Crippen molar-refractivity contribution in [3.8, 4) is 11.1 Å². The summed E-state index contributed by atoms with van der Waals surface area (Å²) in [6, 6.07) is 41.8. The molecule has 6 aromatic carbocycles. The van der Waals surface area contributed by atoms with Gasteiger partial charge in [0.15, 0.2) is 10.9 Å². The third kappa shape index (κ3) is 3.58. The van der Waals surface area contributed by atoms with Crippen LogP contribution >= 0.6 is 0 Å². The number of benzene rings is 6. The quantitative estimate of drug-likeness (QED) is 0.184. The van der Waals surface area contributed by atoms with E-state index in [0.29, 0.717) is 21.5 Å². The molecule has 0 saturated carbocycles. The molecule has 0 spiro atoms. The summed E-state index contributed by atoms with van der Waals surface area (Å²) >= 11 is 0. The third-order valence-electron chi connectivity index (χ3n) is 10.5. The van der Waals surface area contributed by atoms with Crippen molar-refractivity contribution in [2.45, 2.75) is 19.3 Å². The Bertz CT molecular complexity index is 2590. The lowest BCUT2D eigenvalue weighted by Crippen LogP contribution is -2.29. The van der Waals surface area contributed by atoms with Crippen LogP contribution in [0.2, 0.25) is 0 Å². The third-order valence-corrected chi connectivity index (χ3v) is 10.5. The van der Waals surface area contributed by atoms with Crippen molar-refractivity contribution in [3.05, 3.63) is 175 Å². The Morgan fingerprint density at radius 3 is 1.30 bits per heavy atom. The Morgan fingerprint density at radius 2 is 0.851 bits per heavy atom. The van der Waals surface area contributed by atoms with E-state index in [0.717, 1.165) is 55.4 Å². The average Bonchev–Trinajstić information content (AvgIpc) is 3.38. The molecule has 226 valence electrons. The SMILES string of the molecule is Cc1ccc2c(c1)C(c1ccc3c(c1)c(=O)c1ccccc1n3C)(c1ccc3c(c1)c(=O)c1ccccc1n3C)c1cc(C)ccc1-2. The lowest BCUT2D eigenvalue weighted by Gasteiger charge is -2.35. The van der Waals surface area contributed by atoms with Gasteiger partial charge in [0.25, 0.3) is 0 Å². The molecule has 0 saturated heterocycles. The van der Waals surface area contributed by atoms with Crippen molar-refractivity contribution in [3.63, 3.8) is 0 Å². The summed E-state index contributed by atoms with van der Waals surface area (Å²) in [5.41, 5.74) is 11.9. The number of para-hydroxylation sites is 2. The second kappa shape index (κ2) is 9.63. The zero-order valence-corrected chi connectivity index (χ0v) is 26.8. The molecule has 0 amide bonds. The Labute approximate surface area is 271 Å². The maximum Gasteiger partial charge on any atom is 0.197 e. The van der Waals surface area contributed by atoms with E-state index in [4.69, 9.17) is 0 Å². The van der Waals surface area contributed by atoms with Gasteiger partial charge in [-0.05, 0) is 95.8 Å². The summed E-state index contributed by atoms with van der Waals surface area (Å²) in [5.74, 6) is 0. The van der Waals surface area contributed by atoms with Crippen LogP contribution in [-0.2, 0) is 19.5 Å². The monoisotopic (exact) mass is 608 g/mol. The lowest BCUT2D eigenvalue weighted by atomic mass is 9.67. The van der Waals surface area contributed by atoms with E-state index in [1.165, 1.54) is 11.1 Å². The highest BCUT2D eigenvalue weighted by Crippen LogP contribution is 2.57. The number of pyridine rings is 2. The number of fused-ring (bicyclic) bond motifs is 7. The summed E-state index contributed by atoms with van der Waals surface area (Å²) < 4.78 is 4.22. The van der Waals surface area contributed by atoms with Crippen LogP contribution in [0.3, 0.4) is 0 Å². The highest BCUT2D eigenvalue weighted by atomic mass is 16.1. The fraction of sp³-hybridized carbons (Fsp3) is 0.116. The molecule has 1 aliphatic carbocycles. The van der Waals surface area contributed by atoms with E-state index in [1.807, 2.05) is 62.6 Å². The summed E-state index contributed by atoms with van der Waals surface area (Å²) in [7, 11) is 4.05. The van der Waals surface area contributed by atoms with Crippen LogP contribution in [0.4, 0.5) is 0 Å². The smallest absolute Gasteiger partial charge is 0.197 e. The molecule has 47 heavy (non-hydrogen) atoms. The number of hydrogen-bond donors (Lipinski definition) is 0. The predicted octanol–water partition coefficient (Wildman–Crippen LogP) is 8.68. The first-order valence-electron chi connectivity index (χ1n) is 16.1. The van der Waals surface area contributed by atoms with E-state index in [9.17, 15) is 9.59 Å². The van der Waals surface area contributed by atoms with Gasteiger partial charge in [-0.15, -0.1) is 0 Å². The van der Waals surface area contributed by atoms with Gasteiger partial charge in [0.05, 0.1) is 27.5 Å². The van der Waals surface area contributed by atoms with Crippen molar-refractivity contribution >= 4 is 43.6 Å². The van der Waals surface area contributed by atoms with E-state index in [-0.39, 0.29) is 10.9 Å². The van der Waals surface area contributed by atoms with Gasteiger partial charge in [-0.2, -0.15) is 0 Å². The van der Waals surface area contributed by atoms with Crippen LogP contribution < -0.4 is 10.9 Å². The summed E-state index contributed by atoms with van der Waals surface area (Å²) in [5, 5.41) is 2.77. The molecular formula is C43H32N2O2. The highest BCUT2D eigenvalue weighted by Gasteiger charge is 2.46. The van der Waals surface area contributed by atoms with Crippen LogP contribution in [0, 0.1) is 13.8 Å². The van der Waals surface area contributed by atoms with Crippen LogP contribution in [-0.4, -0.2) is 9.13 Å². The average molecular weight is 609 g/mol. The molecule has 0 N–H and O–H groups in total. The molecular weight excluding hydrogens is 576 g/mol. The minimum atomic E-state index is -0.765. The topological polar surface area (TPSA) is 44.0 Å². The molecule has 0 atom stereocenters. The maximum atomic E-state index is 14.2. The molecule has 4 heteroatoms. The van der Waals surface area contributed by atoms with Crippen LogP contribution in [0.1, 0.15) is 33.4 Å². The fourth-order valence-electron chi connectivity index (χ4n) is 8.29. The van der Waals surface area contributed by atoms with Crippen LogP contribution in [0.25, 0.3) is 54.7 Å². The molecule has 9 rings (SSSR count). The number of hydrogen-bond acceptors (Lipinski definition) is 2. The summed E-state index contributed by atoms with van der Waals surface area (Å²) in [6.45, 7) is 4.26. The van der Waals surface area contributed by atoms with E-state index < -0.39 is 5.41 Å². The Kier molecular flexibility index (Phi) is 5.65. The van der Waals surface area contributed by atoms with Crippen LogP contribution in [0.5, 0.6) is 0 Å². The molecule has 8 aromatic rings. The van der Waals surface area contributed by atoms with Gasteiger partial charge in [-0.3, -0.25) is 9.59 Å². The first-order chi connectivity index (χ1) is 22.8. The zero-order chi connectivity index (χ0) is 32.2. The maximum absolute atomic E-state index is 14.2. The summed E-state index contributed by atoms with van der Waals surface area (Å²) in [4.78, 5) is 28.3. The van der Waals surface area contributed by atoms with E-state index in [1.54, 1.807) is 0 Å². The minimum Gasteiger partial charge on any atom is -0.343 e. The van der Waals surface area contributed by atoms with Gasteiger partial charge in [-0.1, -0.05) is 83.9 Å². The fourth-order valence-corrected chi connectivity index (χ4v) is 8.29. The van der Waals surface area contributed by atoms with Gasteiger partial charge in [0.1, 0.15) is 0 Å². The normalized spacial score (nSPS) is 13.4. The van der Waals surface area contributed by atoms with Gasteiger partial charge < -0.3 is 9.13 Å². The van der Waals surface area contributed by atoms with Crippen molar-refractivity contribution in [1.29, 1.82) is 0 Å². The Hall–Kier alpha value is -5.74. The highest BCUT2D eigenvalue weighted by molar-refractivity contribution is 5.97. The first-order valence-corrected chi connectivity index (χ1v) is 16.1. The van der Waals surface area contributed by atoms with Crippen molar-refractivity contribution < 1.29 is 0 Å². The number of nitrogens with zero attached hydrogens (tertiary/aromatic N) is 2. The van der Waals surface area contributed by atoms with Gasteiger partial charge in [0.2, 0.25) is 0 Å². The van der Waals surface area contributed by atoms with Gasteiger partial charge in [0, 0.05) is 35.6 Å². The van der Waals surface area contributed by atoms with E-state index >= 15 is 0 Å². The lowest BCUT2D eigenvalue weighted by molar-refractivity contribution is 0.768. The minimum absolute atomic E-state index is 0.0245. The molecule has 0 aliphatic heterocycles. The van der Waals surface area contributed by atoms with Crippen molar-refractivity contribution in [2.24, 2.45) is 14.1 Å². The molecule has 1 aliphatic rings. The summed E-state index contributed by atoms with van der Waals surface area (Å²) in [6.07, 6.45) is 0. The molecule has 0 bridgehead atoms. The largest absolute Gasteiger partial charge is 0.343 e. The Morgan fingerprint density at radius 1 is 0.447 bits per heavy atom. The molecule has 2 heterocycles. The predicted molar refractivity (Wildman–Crippen MR) is 194 cm³/mol. The van der Waals surface area contributed by atoms with E-state index in [2.05, 4.69) is 95.8 Å². The van der Waals surface area contributed by atoms with Gasteiger partial charge in [-0.25, -0.2) is 0 Å². The number of aromatic nitrogens is 2. The van der Waals surface area contributed by atoms with Crippen LogP contribution in [0.15, 0.2) is 131 Å². The standard InChI is InChI=1S/C43H32N2O2/c1-25-13-17-29-30-18-14-26(2)22-36(30)43(35(29)21-25,27-15-19-39-33(23-27)41(46)31-9-5-7-11-37(31)44(39)3)28-16-20-40-34(24-28)42(47)32-10-6-8-12-38(32)45(40)4/h5-24H,1-4H3.